The second-order valence-electron chi connectivity index (χ2n) is 4.95. The summed E-state index contributed by atoms with van der Waals surface area (Å²) in [6.45, 7) is 1.82. The fourth-order valence-corrected chi connectivity index (χ4v) is 2.58. The van der Waals surface area contributed by atoms with Crippen molar-refractivity contribution in [2.24, 2.45) is 0 Å². The Morgan fingerprint density at radius 2 is 2.10 bits per heavy atom. The normalized spacial score (nSPS) is 16.1. The second kappa shape index (κ2) is 5.21. The maximum Gasteiger partial charge on any atom is 0.145 e. The van der Waals surface area contributed by atoms with E-state index in [0.29, 0.717) is 17.4 Å². The summed E-state index contributed by atoms with van der Waals surface area (Å²) in [5, 5.41) is 13.2. The number of pyridine rings is 1. The third-order valence-corrected chi connectivity index (χ3v) is 3.67. The van der Waals surface area contributed by atoms with Crippen LogP contribution in [0.2, 0.25) is 0 Å². The van der Waals surface area contributed by atoms with Crippen molar-refractivity contribution in [2.45, 2.75) is 18.9 Å². The lowest BCUT2D eigenvalue weighted by atomic mass is 10.1. The number of nitrogens with two attached hydrogens (primary N) is 1. The zero-order valence-corrected chi connectivity index (χ0v) is 11.1. The van der Waals surface area contributed by atoms with Gasteiger partial charge in [0.1, 0.15) is 11.6 Å². The molecule has 6 heteroatoms. The Morgan fingerprint density at radius 1 is 1.30 bits per heavy atom. The van der Waals surface area contributed by atoms with Crippen LogP contribution in [0.4, 0.5) is 11.6 Å². The van der Waals surface area contributed by atoms with E-state index in [4.69, 9.17) is 11.0 Å². The van der Waals surface area contributed by atoms with Gasteiger partial charge in [-0.3, -0.25) is 4.68 Å². The fourth-order valence-electron chi connectivity index (χ4n) is 2.58. The number of aromatic nitrogens is 3. The highest BCUT2D eigenvalue weighted by Gasteiger charge is 2.22. The molecule has 0 aromatic carbocycles. The van der Waals surface area contributed by atoms with Gasteiger partial charge in [0.05, 0.1) is 17.7 Å². The molecule has 1 aliphatic heterocycles. The smallest absolute Gasteiger partial charge is 0.145 e. The van der Waals surface area contributed by atoms with Gasteiger partial charge in [-0.25, -0.2) is 4.98 Å². The Morgan fingerprint density at radius 3 is 2.75 bits per heavy atom. The first-order chi connectivity index (χ1) is 9.76. The van der Waals surface area contributed by atoms with E-state index >= 15 is 0 Å². The summed E-state index contributed by atoms with van der Waals surface area (Å²) in [4.78, 5) is 6.56. The lowest BCUT2D eigenvalue weighted by molar-refractivity contribution is 0.367. The summed E-state index contributed by atoms with van der Waals surface area (Å²) in [6, 6.07) is 7.93. The van der Waals surface area contributed by atoms with Crippen molar-refractivity contribution < 1.29 is 0 Å². The molecule has 1 saturated heterocycles. The molecule has 0 bridgehead atoms. The zero-order chi connectivity index (χ0) is 13.9. The third kappa shape index (κ3) is 2.43. The van der Waals surface area contributed by atoms with Gasteiger partial charge in [0, 0.05) is 25.5 Å². The van der Waals surface area contributed by atoms with Crippen LogP contribution in [-0.4, -0.2) is 27.9 Å². The minimum absolute atomic E-state index is 0.391. The molecule has 0 radical (unpaired) electrons. The predicted octanol–water partition coefficient (Wildman–Crippen LogP) is 1.57. The minimum atomic E-state index is 0.391. The minimum Gasteiger partial charge on any atom is -0.382 e. The van der Waals surface area contributed by atoms with Crippen molar-refractivity contribution in [3.8, 4) is 6.07 Å². The number of nitrogens with zero attached hydrogens (tertiary/aromatic N) is 5. The van der Waals surface area contributed by atoms with Crippen LogP contribution in [0.3, 0.4) is 0 Å². The molecule has 0 unspecified atom stereocenters. The molecule has 102 valence electrons. The molecule has 1 fully saturated rings. The van der Waals surface area contributed by atoms with Gasteiger partial charge >= 0.3 is 0 Å². The molecule has 0 atom stereocenters. The van der Waals surface area contributed by atoms with Crippen LogP contribution in [0.25, 0.3) is 0 Å². The zero-order valence-electron chi connectivity index (χ0n) is 11.1. The highest BCUT2D eigenvalue weighted by Crippen LogP contribution is 2.25. The van der Waals surface area contributed by atoms with Gasteiger partial charge in [-0.05, 0) is 31.0 Å². The van der Waals surface area contributed by atoms with E-state index in [1.807, 2.05) is 23.0 Å². The van der Waals surface area contributed by atoms with Crippen LogP contribution >= 0.6 is 0 Å². The van der Waals surface area contributed by atoms with Crippen LogP contribution in [0.1, 0.15) is 24.4 Å². The number of rotatable bonds is 2. The summed E-state index contributed by atoms with van der Waals surface area (Å²) in [5.41, 5.74) is 6.30. The number of nitriles is 1. The number of hydrogen-bond donors (Lipinski definition) is 1. The van der Waals surface area contributed by atoms with Crippen molar-refractivity contribution in [2.75, 3.05) is 23.7 Å². The first-order valence-corrected chi connectivity index (χ1v) is 6.68. The Balaban J connectivity index is 1.68. The average Bonchev–Trinajstić information content (AvgIpc) is 2.94. The molecule has 1 aliphatic rings. The van der Waals surface area contributed by atoms with Crippen molar-refractivity contribution in [1.82, 2.24) is 14.8 Å². The predicted molar refractivity (Wildman–Crippen MR) is 76.1 cm³/mol. The van der Waals surface area contributed by atoms with E-state index in [0.717, 1.165) is 31.7 Å². The molecule has 2 aromatic rings. The SMILES string of the molecule is N#Cc1ccnc(N2CCC(n3ccc(N)n3)CC2)c1. The molecule has 0 saturated carbocycles. The third-order valence-electron chi connectivity index (χ3n) is 3.67. The topological polar surface area (TPSA) is 83.8 Å². The molecule has 0 amide bonds. The van der Waals surface area contributed by atoms with Gasteiger partial charge in [-0.15, -0.1) is 0 Å². The monoisotopic (exact) mass is 268 g/mol. The number of piperidine rings is 1. The van der Waals surface area contributed by atoms with E-state index in [-0.39, 0.29) is 0 Å². The lowest BCUT2D eigenvalue weighted by Crippen LogP contribution is -2.35. The average molecular weight is 268 g/mol. The van der Waals surface area contributed by atoms with Crippen LogP contribution in [0, 0.1) is 11.3 Å². The van der Waals surface area contributed by atoms with Crippen LogP contribution < -0.4 is 10.6 Å². The summed E-state index contributed by atoms with van der Waals surface area (Å²) in [7, 11) is 0. The van der Waals surface area contributed by atoms with E-state index in [1.165, 1.54) is 0 Å². The van der Waals surface area contributed by atoms with Gasteiger partial charge in [-0.1, -0.05) is 0 Å². The van der Waals surface area contributed by atoms with Crippen LogP contribution in [0.15, 0.2) is 30.6 Å². The van der Waals surface area contributed by atoms with Crippen LogP contribution in [0.5, 0.6) is 0 Å². The molecule has 2 aromatic heterocycles. The summed E-state index contributed by atoms with van der Waals surface area (Å²) >= 11 is 0. The van der Waals surface area contributed by atoms with Crippen molar-refractivity contribution in [1.29, 1.82) is 5.26 Å². The fraction of sp³-hybridized carbons (Fsp3) is 0.357. The van der Waals surface area contributed by atoms with E-state index in [9.17, 15) is 0 Å². The highest BCUT2D eigenvalue weighted by molar-refractivity contribution is 5.45. The van der Waals surface area contributed by atoms with E-state index < -0.39 is 0 Å². The molecule has 3 rings (SSSR count). The van der Waals surface area contributed by atoms with Gasteiger partial charge in [0.25, 0.3) is 0 Å². The molecular formula is C14H16N6. The molecule has 6 nitrogen and oxygen atoms in total. The molecule has 0 aliphatic carbocycles. The largest absolute Gasteiger partial charge is 0.382 e. The molecule has 2 N–H and O–H groups in total. The number of nitrogen functional groups attached to an aromatic ring is 1. The summed E-state index contributed by atoms with van der Waals surface area (Å²) < 4.78 is 1.95. The molecule has 20 heavy (non-hydrogen) atoms. The summed E-state index contributed by atoms with van der Waals surface area (Å²) in [5.74, 6) is 1.44. The van der Waals surface area contributed by atoms with Gasteiger partial charge < -0.3 is 10.6 Å². The number of anilines is 2. The van der Waals surface area contributed by atoms with E-state index in [2.05, 4.69) is 21.1 Å². The van der Waals surface area contributed by atoms with Crippen molar-refractivity contribution in [3.05, 3.63) is 36.2 Å². The van der Waals surface area contributed by atoms with E-state index in [1.54, 1.807) is 12.3 Å². The first-order valence-electron chi connectivity index (χ1n) is 6.68. The van der Waals surface area contributed by atoms with Gasteiger partial charge in [-0.2, -0.15) is 10.4 Å². The standard InChI is InChI=1S/C14H16N6/c15-10-11-1-5-17-14(9-11)19-6-2-12(3-7-19)20-8-4-13(16)18-20/h1,4-5,8-9,12H,2-3,6-7H2,(H2,16,18). The molecule has 3 heterocycles. The van der Waals surface area contributed by atoms with Crippen LogP contribution in [-0.2, 0) is 0 Å². The Kier molecular flexibility index (Phi) is 3.25. The molecule has 0 spiro atoms. The Hall–Kier alpha value is -2.55. The Labute approximate surface area is 117 Å². The van der Waals surface area contributed by atoms with Gasteiger partial charge in [0.15, 0.2) is 0 Å². The lowest BCUT2D eigenvalue weighted by Gasteiger charge is -2.32. The molecular weight excluding hydrogens is 252 g/mol. The van der Waals surface area contributed by atoms with Gasteiger partial charge in [0.2, 0.25) is 0 Å². The van der Waals surface area contributed by atoms with Crippen molar-refractivity contribution in [3.63, 3.8) is 0 Å². The Bertz CT molecular complexity index is 633. The summed E-state index contributed by atoms with van der Waals surface area (Å²) in [6.07, 6.45) is 5.62. The second-order valence-corrected chi connectivity index (χ2v) is 4.95. The maximum absolute atomic E-state index is 8.93. The number of hydrogen-bond acceptors (Lipinski definition) is 5. The first kappa shape index (κ1) is 12.5. The highest BCUT2D eigenvalue weighted by atomic mass is 15.3. The quantitative estimate of drug-likeness (QED) is 0.893. The maximum atomic E-state index is 8.93. The van der Waals surface area contributed by atoms with Crippen molar-refractivity contribution >= 4 is 11.6 Å².